The van der Waals surface area contributed by atoms with Gasteiger partial charge in [0.05, 0.1) is 5.56 Å². The van der Waals surface area contributed by atoms with Crippen molar-refractivity contribution in [3.8, 4) is 0 Å². The quantitative estimate of drug-likeness (QED) is 0.928. The number of aromatic nitrogens is 3. The van der Waals surface area contributed by atoms with Crippen molar-refractivity contribution >= 4 is 5.65 Å². The topological polar surface area (TPSA) is 42.2 Å². The molecule has 2 aromatic heterocycles. The molecule has 0 fully saturated rings. The molecule has 7 heteroatoms. The maximum atomic E-state index is 12.7. The van der Waals surface area contributed by atoms with Gasteiger partial charge >= 0.3 is 6.18 Å². The minimum Gasteiger partial charge on any atom is -0.314 e. The van der Waals surface area contributed by atoms with Crippen molar-refractivity contribution in [3.63, 3.8) is 0 Å². The SMILES string of the molecule is CCNC(C)Cc1nnc2ccc(C(F)(F)F)cn12. The minimum atomic E-state index is -4.36. The van der Waals surface area contributed by atoms with E-state index >= 15 is 0 Å². The Morgan fingerprint density at radius 1 is 1.32 bits per heavy atom. The van der Waals surface area contributed by atoms with Gasteiger partial charge in [0.15, 0.2) is 5.65 Å². The summed E-state index contributed by atoms with van der Waals surface area (Å²) in [6.45, 7) is 4.73. The molecule has 2 aromatic rings. The lowest BCUT2D eigenvalue weighted by Gasteiger charge is -2.11. The average Bonchev–Trinajstić information content (AvgIpc) is 2.71. The highest BCUT2D eigenvalue weighted by molar-refractivity contribution is 5.40. The number of hydrogen-bond donors (Lipinski definition) is 1. The van der Waals surface area contributed by atoms with E-state index in [0.717, 1.165) is 18.8 Å². The van der Waals surface area contributed by atoms with Crippen LogP contribution in [0, 0.1) is 0 Å². The van der Waals surface area contributed by atoms with Crippen LogP contribution in [0.5, 0.6) is 0 Å². The molecule has 0 saturated carbocycles. The highest BCUT2D eigenvalue weighted by Crippen LogP contribution is 2.29. The summed E-state index contributed by atoms with van der Waals surface area (Å²) in [5, 5.41) is 11.0. The first-order valence-electron chi connectivity index (χ1n) is 6.06. The first-order valence-corrected chi connectivity index (χ1v) is 6.06. The summed E-state index contributed by atoms with van der Waals surface area (Å²) in [7, 11) is 0. The monoisotopic (exact) mass is 272 g/mol. The van der Waals surface area contributed by atoms with Gasteiger partial charge in [0.25, 0.3) is 0 Å². The third kappa shape index (κ3) is 3.04. The largest absolute Gasteiger partial charge is 0.417 e. The summed E-state index contributed by atoms with van der Waals surface area (Å²) in [5.74, 6) is 0.523. The van der Waals surface area contributed by atoms with E-state index in [2.05, 4.69) is 15.5 Å². The van der Waals surface area contributed by atoms with Crippen molar-refractivity contribution in [2.45, 2.75) is 32.5 Å². The zero-order valence-corrected chi connectivity index (χ0v) is 10.7. The Morgan fingerprint density at radius 2 is 2.05 bits per heavy atom. The number of hydrogen-bond acceptors (Lipinski definition) is 3. The van der Waals surface area contributed by atoms with Crippen LogP contribution >= 0.6 is 0 Å². The molecule has 0 aromatic carbocycles. The van der Waals surface area contributed by atoms with Crippen molar-refractivity contribution in [2.24, 2.45) is 0 Å². The normalized spacial score (nSPS) is 13.9. The summed E-state index contributed by atoms with van der Waals surface area (Å²) >= 11 is 0. The number of nitrogens with one attached hydrogen (secondary N) is 1. The van der Waals surface area contributed by atoms with Crippen LogP contribution in [-0.4, -0.2) is 27.2 Å². The van der Waals surface area contributed by atoms with Gasteiger partial charge in [-0.1, -0.05) is 6.92 Å². The van der Waals surface area contributed by atoms with Crippen LogP contribution in [0.4, 0.5) is 13.2 Å². The number of fused-ring (bicyclic) bond motifs is 1. The molecule has 0 amide bonds. The Labute approximate surface area is 108 Å². The van der Waals surface area contributed by atoms with Crippen molar-refractivity contribution < 1.29 is 13.2 Å². The van der Waals surface area contributed by atoms with E-state index < -0.39 is 11.7 Å². The molecule has 104 valence electrons. The van der Waals surface area contributed by atoms with Gasteiger partial charge in [0.1, 0.15) is 5.82 Å². The highest BCUT2D eigenvalue weighted by Gasteiger charge is 2.31. The molecular weight excluding hydrogens is 257 g/mol. The molecule has 4 nitrogen and oxygen atoms in total. The second-order valence-electron chi connectivity index (χ2n) is 4.42. The Kier molecular flexibility index (Phi) is 3.75. The lowest BCUT2D eigenvalue weighted by molar-refractivity contribution is -0.137. The molecule has 0 spiro atoms. The van der Waals surface area contributed by atoms with Crippen molar-refractivity contribution in [1.82, 2.24) is 19.9 Å². The van der Waals surface area contributed by atoms with Crippen molar-refractivity contribution in [2.75, 3.05) is 6.54 Å². The summed E-state index contributed by atoms with van der Waals surface area (Å²) in [6.07, 6.45) is -2.79. The number of nitrogens with zero attached hydrogens (tertiary/aromatic N) is 3. The second kappa shape index (κ2) is 5.16. The van der Waals surface area contributed by atoms with Crippen LogP contribution < -0.4 is 5.32 Å². The standard InChI is InChI=1S/C12H15F3N4/c1-3-16-8(2)6-11-18-17-10-5-4-9(7-19(10)11)12(13,14)15/h4-5,7-8,16H,3,6H2,1-2H3. The summed E-state index contributed by atoms with van der Waals surface area (Å²) < 4.78 is 39.4. The van der Waals surface area contributed by atoms with Crippen LogP contribution in [0.15, 0.2) is 18.3 Å². The molecule has 2 rings (SSSR count). The molecule has 19 heavy (non-hydrogen) atoms. The maximum Gasteiger partial charge on any atom is 0.417 e. The lowest BCUT2D eigenvalue weighted by Crippen LogP contribution is -2.28. The van der Waals surface area contributed by atoms with Gasteiger partial charge in [-0.2, -0.15) is 13.2 Å². The molecule has 0 aliphatic rings. The Hall–Kier alpha value is -1.63. The van der Waals surface area contributed by atoms with E-state index in [1.54, 1.807) is 0 Å². The van der Waals surface area contributed by atoms with Gasteiger partial charge in [-0.25, -0.2) is 0 Å². The van der Waals surface area contributed by atoms with E-state index in [4.69, 9.17) is 0 Å². The molecule has 0 aliphatic carbocycles. The van der Waals surface area contributed by atoms with E-state index in [1.165, 1.54) is 10.5 Å². The summed E-state index contributed by atoms with van der Waals surface area (Å²) in [4.78, 5) is 0. The van der Waals surface area contributed by atoms with Crippen LogP contribution in [0.2, 0.25) is 0 Å². The fourth-order valence-electron chi connectivity index (χ4n) is 1.94. The van der Waals surface area contributed by atoms with Gasteiger partial charge in [-0.15, -0.1) is 10.2 Å². The predicted molar refractivity (Wildman–Crippen MR) is 64.8 cm³/mol. The zero-order chi connectivity index (χ0) is 14.0. The smallest absolute Gasteiger partial charge is 0.314 e. The molecule has 1 N–H and O–H groups in total. The Bertz CT molecular complexity index is 562. The molecule has 1 atom stereocenters. The molecule has 2 heterocycles. The average molecular weight is 272 g/mol. The van der Waals surface area contributed by atoms with Crippen LogP contribution in [0.3, 0.4) is 0 Å². The number of likely N-dealkylation sites (N-methyl/N-ethyl adjacent to an activating group) is 1. The zero-order valence-electron chi connectivity index (χ0n) is 10.7. The van der Waals surface area contributed by atoms with Crippen molar-refractivity contribution in [3.05, 3.63) is 29.7 Å². The summed E-state index contributed by atoms with van der Waals surface area (Å²) in [5.41, 5.74) is -0.274. The predicted octanol–water partition coefficient (Wildman–Crippen LogP) is 2.29. The lowest BCUT2D eigenvalue weighted by atomic mass is 10.2. The first-order chi connectivity index (χ1) is 8.91. The maximum absolute atomic E-state index is 12.7. The number of halogens is 3. The number of pyridine rings is 1. The van der Waals surface area contributed by atoms with Crippen LogP contribution in [-0.2, 0) is 12.6 Å². The molecular formula is C12H15F3N4. The second-order valence-corrected chi connectivity index (χ2v) is 4.42. The fraction of sp³-hybridized carbons (Fsp3) is 0.500. The molecule has 1 unspecified atom stereocenters. The van der Waals surface area contributed by atoms with E-state index in [1.807, 2.05) is 13.8 Å². The molecule has 0 aliphatic heterocycles. The van der Waals surface area contributed by atoms with E-state index in [-0.39, 0.29) is 6.04 Å². The van der Waals surface area contributed by atoms with Crippen LogP contribution in [0.25, 0.3) is 5.65 Å². The summed E-state index contributed by atoms with van der Waals surface area (Å²) in [6, 6.07) is 2.48. The van der Waals surface area contributed by atoms with E-state index in [9.17, 15) is 13.2 Å². The highest BCUT2D eigenvalue weighted by atomic mass is 19.4. The molecule has 0 radical (unpaired) electrons. The van der Waals surface area contributed by atoms with Gasteiger partial charge in [-0.3, -0.25) is 4.40 Å². The van der Waals surface area contributed by atoms with Gasteiger partial charge in [0.2, 0.25) is 0 Å². The third-order valence-corrected chi connectivity index (χ3v) is 2.84. The van der Waals surface area contributed by atoms with E-state index in [0.29, 0.717) is 17.9 Å². The van der Waals surface area contributed by atoms with Crippen molar-refractivity contribution in [1.29, 1.82) is 0 Å². The number of alkyl halides is 3. The number of rotatable bonds is 4. The van der Waals surface area contributed by atoms with Crippen LogP contribution in [0.1, 0.15) is 25.2 Å². The fourth-order valence-corrected chi connectivity index (χ4v) is 1.94. The molecule has 0 bridgehead atoms. The van der Waals surface area contributed by atoms with Gasteiger partial charge < -0.3 is 5.32 Å². The molecule has 0 saturated heterocycles. The third-order valence-electron chi connectivity index (χ3n) is 2.84. The Morgan fingerprint density at radius 3 is 2.68 bits per heavy atom. The Balaban J connectivity index is 2.35. The first kappa shape index (κ1) is 13.8. The van der Waals surface area contributed by atoms with Gasteiger partial charge in [0, 0.05) is 18.7 Å². The van der Waals surface area contributed by atoms with Gasteiger partial charge in [-0.05, 0) is 25.6 Å². The minimum absolute atomic E-state index is 0.131.